The van der Waals surface area contributed by atoms with Crippen LogP contribution in [0.2, 0.25) is 0 Å². The van der Waals surface area contributed by atoms with Crippen LogP contribution in [0.1, 0.15) is 5.56 Å². The van der Waals surface area contributed by atoms with Crippen LogP contribution in [0.5, 0.6) is 0 Å². The van der Waals surface area contributed by atoms with Crippen molar-refractivity contribution in [1.29, 1.82) is 0 Å². The molecule has 2 heterocycles. The molecular formula is C17H21N8S+. The van der Waals surface area contributed by atoms with E-state index in [0.29, 0.717) is 18.3 Å². The second-order valence-electron chi connectivity index (χ2n) is 5.57. The van der Waals surface area contributed by atoms with Crippen molar-refractivity contribution >= 4 is 28.5 Å². The summed E-state index contributed by atoms with van der Waals surface area (Å²) in [5, 5.41) is 11.6. The van der Waals surface area contributed by atoms with E-state index < -0.39 is 0 Å². The number of hydrogen-bond donors (Lipinski definition) is 3. The maximum absolute atomic E-state index is 5.21. The van der Waals surface area contributed by atoms with E-state index in [-0.39, 0.29) is 0 Å². The Morgan fingerprint density at radius 2 is 2.15 bits per heavy atom. The summed E-state index contributed by atoms with van der Waals surface area (Å²) in [5.74, 6) is 6.47. The Morgan fingerprint density at radius 1 is 1.27 bits per heavy atom. The van der Waals surface area contributed by atoms with Gasteiger partial charge in [0.05, 0.1) is 18.5 Å². The standard InChI is InChI=1S/C17H20N8S/c18-24-23-16(22-15-6-2-1-3-7-15)11-26-17-20-12-25(13-21-17)10-14-5-4-8-19-9-14/h1-9H,10-13H2,(H,20,21)(H2,18,22,23)/p+1. The molecule has 1 aliphatic rings. The lowest BCUT2D eigenvalue weighted by Crippen LogP contribution is -2.66. The summed E-state index contributed by atoms with van der Waals surface area (Å²) in [7, 11) is 0. The number of benzene rings is 1. The van der Waals surface area contributed by atoms with E-state index in [1.807, 2.05) is 42.6 Å². The molecule has 4 N–H and O–H groups in total. The third-order valence-electron chi connectivity index (χ3n) is 3.58. The highest BCUT2D eigenvalue weighted by Crippen LogP contribution is 2.09. The number of pyridine rings is 1. The van der Waals surface area contributed by atoms with Crippen LogP contribution in [-0.4, -0.2) is 40.0 Å². The minimum Gasteiger partial charge on any atom is -0.352 e. The molecule has 134 valence electrons. The molecule has 0 saturated carbocycles. The topological polar surface area (TPSA) is 105 Å². The smallest absolute Gasteiger partial charge is 0.336 e. The summed E-state index contributed by atoms with van der Waals surface area (Å²) in [4.78, 5) is 14.1. The molecule has 1 aromatic carbocycles. The fourth-order valence-electron chi connectivity index (χ4n) is 2.39. The summed E-state index contributed by atoms with van der Waals surface area (Å²) in [6, 6.07) is 13.8. The third kappa shape index (κ3) is 5.64. The van der Waals surface area contributed by atoms with Crippen LogP contribution in [0.3, 0.4) is 0 Å². The van der Waals surface area contributed by atoms with Crippen LogP contribution >= 0.6 is 11.8 Å². The fraction of sp³-hybridized carbons (Fsp3) is 0.235. The summed E-state index contributed by atoms with van der Waals surface area (Å²) in [5.41, 5.74) is 2.11. The number of nitrogens with two attached hydrogens (primary N) is 1. The number of nitrogens with one attached hydrogen (secondary N) is 2. The van der Waals surface area contributed by atoms with E-state index in [0.717, 1.165) is 24.1 Å². The normalized spacial score (nSPS) is 15.7. The summed E-state index contributed by atoms with van der Waals surface area (Å²) in [6.07, 6.45) is 3.66. The zero-order chi connectivity index (χ0) is 18.0. The van der Waals surface area contributed by atoms with Gasteiger partial charge in [0.2, 0.25) is 0 Å². The number of aromatic nitrogens is 1. The van der Waals surface area contributed by atoms with E-state index >= 15 is 0 Å². The van der Waals surface area contributed by atoms with Gasteiger partial charge in [-0.05, 0) is 23.8 Å². The van der Waals surface area contributed by atoms with Gasteiger partial charge in [-0.2, -0.15) is 0 Å². The van der Waals surface area contributed by atoms with Gasteiger partial charge in [0, 0.05) is 24.2 Å². The number of hydrogen-bond acceptors (Lipinski definition) is 6. The second-order valence-corrected chi connectivity index (χ2v) is 6.54. The summed E-state index contributed by atoms with van der Waals surface area (Å²) >= 11 is 1.56. The molecule has 0 saturated heterocycles. The van der Waals surface area contributed by atoms with Crippen LogP contribution in [0, 0.1) is 0 Å². The molecule has 0 spiro atoms. The van der Waals surface area contributed by atoms with Crippen LogP contribution in [-0.2, 0) is 6.54 Å². The van der Waals surface area contributed by atoms with Gasteiger partial charge < -0.3 is 5.32 Å². The third-order valence-corrected chi connectivity index (χ3v) is 4.55. The van der Waals surface area contributed by atoms with Crippen LogP contribution < -0.4 is 16.2 Å². The quantitative estimate of drug-likeness (QED) is 0.236. The second kappa shape index (κ2) is 9.64. The zero-order valence-electron chi connectivity index (χ0n) is 14.2. The average molecular weight is 369 g/mol. The molecule has 0 radical (unpaired) electrons. The van der Waals surface area contributed by atoms with Crippen molar-refractivity contribution in [2.75, 3.05) is 19.1 Å². The zero-order valence-corrected chi connectivity index (χ0v) is 15.1. The first-order valence-electron chi connectivity index (χ1n) is 8.14. The molecule has 26 heavy (non-hydrogen) atoms. The van der Waals surface area contributed by atoms with Crippen molar-refractivity contribution in [2.45, 2.75) is 6.54 Å². The van der Waals surface area contributed by atoms with Gasteiger partial charge >= 0.3 is 5.84 Å². The van der Waals surface area contributed by atoms with Gasteiger partial charge in [0.15, 0.2) is 5.17 Å². The Hall–Kier alpha value is -2.78. The highest BCUT2D eigenvalue weighted by atomic mass is 32.2. The number of amidine groups is 2. The van der Waals surface area contributed by atoms with Crippen LogP contribution in [0.15, 0.2) is 70.2 Å². The predicted octanol–water partition coefficient (Wildman–Crippen LogP) is 0.628. The number of aliphatic imine (C=N–C) groups is 1. The minimum absolute atomic E-state index is 0.587. The molecule has 0 amide bonds. The molecule has 0 atom stereocenters. The Bertz CT molecular complexity index is 776. The largest absolute Gasteiger partial charge is 0.352 e. The van der Waals surface area contributed by atoms with Crippen molar-refractivity contribution < 1.29 is 4.99 Å². The van der Waals surface area contributed by atoms with E-state index in [1.165, 1.54) is 5.56 Å². The summed E-state index contributed by atoms with van der Waals surface area (Å²) in [6.45, 7) is 2.20. The molecule has 0 bridgehead atoms. The Kier molecular flexibility index (Phi) is 6.68. The van der Waals surface area contributed by atoms with Gasteiger partial charge in [-0.25, -0.2) is 9.98 Å². The van der Waals surface area contributed by atoms with E-state index in [1.54, 1.807) is 18.0 Å². The van der Waals surface area contributed by atoms with Gasteiger partial charge in [0.1, 0.15) is 11.4 Å². The number of nitrogens with zero attached hydrogens (tertiary/aromatic N) is 5. The molecule has 0 aliphatic carbocycles. The molecule has 1 aliphatic heterocycles. The Morgan fingerprint density at radius 3 is 2.85 bits per heavy atom. The molecule has 3 rings (SSSR count). The van der Waals surface area contributed by atoms with E-state index in [2.05, 4.69) is 41.6 Å². The van der Waals surface area contributed by atoms with Crippen molar-refractivity contribution in [3.05, 3.63) is 60.4 Å². The summed E-state index contributed by atoms with van der Waals surface area (Å²) < 4.78 is 0. The molecule has 1 aromatic heterocycles. The monoisotopic (exact) mass is 369 g/mol. The lowest BCUT2D eigenvalue weighted by atomic mass is 10.3. The molecule has 8 nitrogen and oxygen atoms in total. The predicted molar refractivity (Wildman–Crippen MR) is 104 cm³/mol. The highest BCUT2D eigenvalue weighted by molar-refractivity contribution is 8.14. The first kappa shape index (κ1) is 18.0. The maximum atomic E-state index is 5.21. The van der Waals surface area contributed by atoms with Crippen molar-refractivity contribution in [1.82, 2.24) is 15.2 Å². The number of para-hydroxylation sites is 1. The lowest BCUT2D eigenvalue weighted by molar-refractivity contribution is -0.355. The molecular weight excluding hydrogens is 348 g/mol. The molecule has 0 fully saturated rings. The van der Waals surface area contributed by atoms with Gasteiger partial charge in [-0.3, -0.25) is 15.7 Å². The van der Waals surface area contributed by atoms with Crippen molar-refractivity contribution in [3.8, 4) is 0 Å². The Labute approximate surface area is 156 Å². The number of thioether (sulfide) groups is 1. The van der Waals surface area contributed by atoms with E-state index in [4.69, 9.17) is 5.84 Å². The lowest BCUT2D eigenvalue weighted by Gasteiger charge is -2.26. The van der Waals surface area contributed by atoms with Crippen LogP contribution in [0.25, 0.3) is 0 Å². The Balaban J connectivity index is 1.53. The minimum atomic E-state index is 0.587. The highest BCUT2D eigenvalue weighted by Gasteiger charge is 2.16. The molecule has 9 heteroatoms. The van der Waals surface area contributed by atoms with Crippen molar-refractivity contribution in [3.63, 3.8) is 0 Å². The van der Waals surface area contributed by atoms with Crippen molar-refractivity contribution in [2.24, 2.45) is 21.2 Å². The van der Waals surface area contributed by atoms with Gasteiger partial charge in [-0.15, -0.1) is 0 Å². The number of rotatable bonds is 5. The maximum Gasteiger partial charge on any atom is 0.336 e. The molecule has 2 aromatic rings. The average Bonchev–Trinajstić information content (AvgIpc) is 2.69. The van der Waals surface area contributed by atoms with Gasteiger partial charge in [0.25, 0.3) is 0 Å². The first-order chi connectivity index (χ1) is 12.8. The van der Waals surface area contributed by atoms with Gasteiger partial charge in [-0.1, -0.05) is 36.0 Å². The SMILES string of the molecule is NN=NC(CSC1=NCN(Cc2cccnc2)CN1)=[NH+]c1ccccc1. The van der Waals surface area contributed by atoms with E-state index in [9.17, 15) is 0 Å². The first-order valence-corrected chi connectivity index (χ1v) is 9.13. The molecule has 0 unspecified atom stereocenters. The van der Waals surface area contributed by atoms with Crippen LogP contribution in [0.4, 0.5) is 5.69 Å². The fourth-order valence-corrected chi connectivity index (χ4v) is 3.11.